The first kappa shape index (κ1) is 16.3. The smallest absolute Gasteiger partial charge is 0.332 e. The van der Waals surface area contributed by atoms with Crippen LogP contribution in [0.2, 0.25) is 0 Å². The van der Waals surface area contributed by atoms with Crippen LogP contribution in [-0.2, 0) is 20.6 Å². The Morgan fingerprint density at radius 2 is 1.92 bits per heavy atom. The van der Waals surface area contributed by atoms with E-state index in [1.54, 1.807) is 42.0 Å². The maximum absolute atomic E-state index is 12.5. The standard InChI is InChI=1S/C17H15N5O3/c1-4-9-22-13-14(20(2)17(24)21(3)15(13)23)19-16(22)25-12-7-5-11(10-18)6-8-12/h4-8H,1,9H2,2-3H3. The van der Waals surface area contributed by atoms with Crippen molar-refractivity contribution in [2.24, 2.45) is 14.1 Å². The van der Waals surface area contributed by atoms with E-state index in [4.69, 9.17) is 10.00 Å². The van der Waals surface area contributed by atoms with E-state index in [1.165, 1.54) is 11.6 Å². The third kappa shape index (κ3) is 2.61. The summed E-state index contributed by atoms with van der Waals surface area (Å²) >= 11 is 0. The van der Waals surface area contributed by atoms with Gasteiger partial charge >= 0.3 is 11.7 Å². The first-order valence-corrected chi connectivity index (χ1v) is 7.43. The van der Waals surface area contributed by atoms with Gasteiger partial charge in [0.1, 0.15) is 5.75 Å². The Balaban J connectivity index is 2.22. The van der Waals surface area contributed by atoms with Crippen LogP contribution in [0.3, 0.4) is 0 Å². The quantitative estimate of drug-likeness (QED) is 0.669. The van der Waals surface area contributed by atoms with E-state index in [1.807, 2.05) is 6.07 Å². The van der Waals surface area contributed by atoms with Gasteiger partial charge in [-0.25, -0.2) is 4.79 Å². The third-order valence-electron chi connectivity index (χ3n) is 3.82. The summed E-state index contributed by atoms with van der Waals surface area (Å²) in [7, 11) is 2.96. The highest BCUT2D eigenvalue weighted by Crippen LogP contribution is 2.24. The molecule has 0 saturated heterocycles. The molecule has 25 heavy (non-hydrogen) atoms. The van der Waals surface area contributed by atoms with Crippen LogP contribution in [0.5, 0.6) is 11.8 Å². The molecule has 2 aromatic heterocycles. The molecule has 0 bridgehead atoms. The second-order valence-electron chi connectivity index (χ2n) is 5.41. The van der Waals surface area contributed by atoms with Gasteiger partial charge in [-0.3, -0.25) is 18.5 Å². The first-order valence-electron chi connectivity index (χ1n) is 7.43. The number of nitrogens with zero attached hydrogens (tertiary/aromatic N) is 5. The summed E-state index contributed by atoms with van der Waals surface area (Å²) in [6.07, 6.45) is 1.61. The Morgan fingerprint density at radius 1 is 1.24 bits per heavy atom. The zero-order valence-electron chi connectivity index (χ0n) is 13.8. The highest BCUT2D eigenvalue weighted by molar-refractivity contribution is 5.72. The summed E-state index contributed by atoms with van der Waals surface area (Å²) in [4.78, 5) is 28.9. The number of aryl methyl sites for hydroxylation is 1. The maximum atomic E-state index is 12.5. The molecular formula is C17H15N5O3. The Hall–Kier alpha value is -3.60. The van der Waals surface area contributed by atoms with Crippen LogP contribution in [0.25, 0.3) is 11.2 Å². The lowest BCUT2D eigenvalue weighted by atomic mass is 10.2. The van der Waals surface area contributed by atoms with E-state index < -0.39 is 11.2 Å². The van der Waals surface area contributed by atoms with Gasteiger partial charge in [0.05, 0.1) is 11.6 Å². The van der Waals surface area contributed by atoms with E-state index in [9.17, 15) is 9.59 Å². The molecule has 126 valence electrons. The Labute approximate surface area is 142 Å². The summed E-state index contributed by atoms with van der Waals surface area (Å²) in [6, 6.07) is 8.69. The van der Waals surface area contributed by atoms with E-state index in [2.05, 4.69) is 11.6 Å². The van der Waals surface area contributed by atoms with Crippen molar-refractivity contribution < 1.29 is 4.74 Å². The summed E-state index contributed by atoms with van der Waals surface area (Å²) < 4.78 is 9.64. The van der Waals surface area contributed by atoms with Gasteiger partial charge in [0.2, 0.25) is 0 Å². The molecule has 0 N–H and O–H groups in total. The van der Waals surface area contributed by atoms with Gasteiger partial charge in [0.25, 0.3) is 5.56 Å². The number of benzene rings is 1. The van der Waals surface area contributed by atoms with Gasteiger partial charge < -0.3 is 4.74 Å². The number of nitriles is 1. The normalized spacial score (nSPS) is 10.6. The van der Waals surface area contributed by atoms with Crippen LogP contribution in [0, 0.1) is 11.3 Å². The third-order valence-corrected chi connectivity index (χ3v) is 3.82. The molecule has 3 rings (SSSR count). The largest absolute Gasteiger partial charge is 0.425 e. The van der Waals surface area contributed by atoms with Gasteiger partial charge in [0, 0.05) is 20.6 Å². The molecule has 0 aliphatic heterocycles. The fraction of sp³-hybridized carbons (Fsp3) is 0.176. The SMILES string of the molecule is C=CCn1c(Oc2ccc(C#N)cc2)nc2c1c(=O)n(C)c(=O)n2C. The molecule has 8 nitrogen and oxygen atoms in total. The van der Waals surface area contributed by atoms with Crippen LogP contribution in [0.1, 0.15) is 5.56 Å². The number of imidazole rings is 1. The molecule has 0 saturated carbocycles. The van der Waals surface area contributed by atoms with Crippen LogP contribution in [0.4, 0.5) is 0 Å². The van der Waals surface area contributed by atoms with E-state index in [-0.39, 0.29) is 23.7 Å². The topological polar surface area (TPSA) is 94.8 Å². The van der Waals surface area contributed by atoms with Gasteiger partial charge in [-0.15, -0.1) is 6.58 Å². The molecule has 0 unspecified atom stereocenters. The van der Waals surface area contributed by atoms with Crippen LogP contribution in [-0.4, -0.2) is 18.7 Å². The van der Waals surface area contributed by atoms with Crippen molar-refractivity contribution in [3.05, 3.63) is 63.3 Å². The minimum Gasteiger partial charge on any atom is -0.425 e. The minimum atomic E-state index is -0.467. The van der Waals surface area contributed by atoms with Crippen molar-refractivity contribution in [1.29, 1.82) is 5.26 Å². The molecule has 0 aliphatic carbocycles. The molecule has 0 aliphatic rings. The number of fused-ring (bicyclic) bond motifs is 1. The lowest BCUT2D eigenvalue weighted by Gasteiger charge is -2.08. The number of hydrogen-bond donors (Lipinski definition) is 0. The Bertz CT molecular complexity index is 1130. The maximum Gasteiger partial charge on any atom is 0.332 e. The van der Waals surface area contributed by atoms with Crippen molar-refractivity contribution in [1.82, 2.24) is 18.7 Å². The lowest BCUT2D eigenvalue weighted by molar-refractivity contribution is 0.422. The highest BCUT2D eigenvalue weighted by Gasteiger charge is 2.19. The molecule has 8 heteroatoms. The number of hydrogen-bond acceptors (Lipinski definition) is 5. The average Bonchev–Trinajstić information content (AvgIpc) is 2.97. The molecule has 0 atom stereocenters. The second kappa shape index (κ2) is 6.13. The summed E-state index contributed by atoms with van der Waals surface area (Å²) in [6.45, 7) is 3.97. The van der Waals surface area contributed by atoms with Crippen molar-refractivity contribution >= 4 is 11.2 Å². The van der Waals surface area contributed by atoms with Crippen molar-refractivity contribution in [2.75, 3.05) is 0 Å². The predicted molar refractivity (Wildman–Crippen MR) is 91.6 cm³/mol. The van der Waals surface area contributed by atoms with Gasteiger partial charge in [-0.1, -0.05) is 6.08 Å². The van der Waals surface area contributed by atoms with Gasteiger partial charge in [-0.2, -0.15) is 10.2 Å². The molecule has 0 spiro atoms. The molecule has 0 fully saturated rings. The molecule has 2 heterocycles. The van der Waals surface area contributed by atoms with E-state index in [0.717, 1.165) is 4.57 Å². The Morgan fingerprint density at radius 3 is 2.52 bits per heavy atom. The molecule has 0 amide bonds. The summed E-state index contributed by atoms with van der Waals surface area (Å²) in [5.41, 5.74) is 0.0720. The van der Waals surface area contributed by atoms with Gasteiger partial charge in [-0.05, 0) is 24.3 Å². The molecular weight excluding hydrogens is 322 g/mol. The van der Waals surface area contributed by atoms with Crippen LogP contribution in [0.15, 0.2) is 46.5 Å². The Kier molecular flexibility index (Phi) is 3.99. The van der Waals surface area contributed by atoms with E-state index >= 15 is 0 Å². The predicted octanol–water partition coefficient (Wildman–Crippen LogP) is 1.28. The molecule has 1 aromatic carbocycles. The van der Waals surface area contributed by atoms with Crippen molar-refractivity contribution in [3.8, 4) is 17.8 Å². The van der Waals surface area contributed by atoms with Gasteiger partial charge in [0.15, 0.2) is 11.2 Å². The zero-order chi connectivity index (χ0) is 18.1. The molecule has 3 aromatic rings. The highest BCUT2D eigenvalue weighted by atomic mass is 16.5. The number of rotatable bonds is 4. The van der Waals surface area contributed by atoms with Crippen LogP contribution >= 0.6 is 0 Å². The number of allylic oxidation sites excluding steroid dienone is 1. The molecule has 0 radical (unpaired) electrons. The van der Waals surface area contributed by atoms with E-state index in [0.29, 0.717) is 11.3 Å². The fourth-order valence-corrected chi connectivity index (χ4v) is 2.51. The average molecular weight is 337 g/mol. The number of ether oxygens (including phenoxy) is 1. The van der Waals surface area contributed by atoms with Crippen molar-refractivity contribution in [3.63, 3.8) is 0 Å². The lowest BCUT2D eigenvalue weighted by Crippen LogP contribution is -2.37. The minimum absolute atomic E-state index is 0.165. The number of aromatic nitrogens is 4. The second-order valence-corrected chi connectivity index (χ2v) is 5.41. The summed E-state index contributed by atoms with van der Waals surface area (Å²) in [5.74, 6) is 0.460. The fourth-order valence-electron chi connectivity index (χ4n) is 2.51. The van der Waals surface area contributed by atoms with Crippen molar-refractivity contribution in [2.45, 2.75) is 6.54 Å². The monoisotopic (exact) mass is 337 g/mol. The summed E-state index contributed by atoms with van der Waals surface area (Å²) in [5, 5.41) is 8.85. The zero-order valence-corrected chi connectivity index (χ0v) is 13.8. The van der Waals surface area contributed by atoms with Crippen LogP contribution < -0.4 is 16.0 Å². The first-order chi connectivity index (χ1) is 12.0.